The molecule has 0 bridgehead atoms. The van der Waals surface area contributed by atoms with Gasteiger partial charge in [-0.05, 0) is 81.6 Å². The van der Waals surface area contributed by atoms with Gasteiger partial charge in [0.1, 0.15) is 11.5 Å². The minimum absolute atomic E-state index is 0.0302. The van der Waals surface area contributed by atoms with Crippen LogP contribution in [-0.4, -0.2) is 22.4 Å². The van der Waals surface area contributed by atoms with Crippen LogP contribution in [0.5, 0.6) is 23.0 Å². The number of fused-ring (bicyclic) bond motifs is 2. The summed E-state index contributed by atoms with van der Waals surface area (Å²) in [5.41, 5.74) is 3.08. The van der Waals surface area contributed by atoms with Crippen LogP contribution in [0.2, 0.25) is 10.0 Å². The Balaban J connectivity index is 0.000000165. The van der Waals surface area contributed by atoms with E-state index >= 15 is 0 Å². The van der Waals surface area contributed by atoms with Gasteiger partial charge in [0.15, 0.2) is 23.1 Å². The maximum absolute atomic E-state index is 13.8. The molecular weight excluding hydrogens is 569 g/mol. The molecule has 0 saturated carbocycles. The molecule has 206 valence electrons. The van der Waals surface area contributed by atoms with Gasteiger partial charge in [0, 0.05) is 10.8 Å². The van der Waals surface area contributed by atoms with E-state index in [-0.39, 0.29) is 23.0 Å². The molecule has 0 aliphatic rings. The third-order valence-electron chi connectivity index (χ3n) is 6.63. The Bertz CT molecular complexity index is 1920. The molecule has 6 aromatic rings. The van der Waals surface area contributed by atoms with E-state index in [1.807, 2.05) is 24.3 Å². The van der Waals surface area contributed by atoms with Gasteiger partial charge in [-0.25, -0.2) is 8.78 Å². The molecule has 41 heavy (non-hydrogen) atoms. The number of phenolic OH excluding ortho intramolecular Hbond substituents is 3. The van der Waals surface area contributed by atoms with Crippen LogP contribution in [0.1, 0.15) is 0 Å². The van der Waals surface area contributed by atoms with Crippen molar-refractivity contribution < 1.29 is 28.8 Å². The van der Waals surface area contributed by atoms with Crippen molar-refractivity contribution in [1.82, 2.24) is 0 Å². The van der Waals surface area contributed by atoms with E-state index in [0.717, 1.165) is 38.2 Å². The molecule has 0 atom stereocenters. The first-order chi connectivity index (χ1) is 19.7. The minimum atomic E-state index is -0.661. The smallest absolute Gasteiger partial charge is 0.165 e. The van der Waals surface area contributed by atoms with Crippen LogP contribution in [0.15, 0.2) is 97.1 Å². The molecule has 6 aromatic carbocycles. The van der Waals surface area contributed by atoms with E-state index in [9.17, 15) is 24.1 Å². The molecule has 3 N–H and O–H groups in total. The molecule has 0 heterocycles. The van der Waals surface area contributed by atoms with Gasteiger partial charge in [-0.1, -0.05) is 71.7 Å². The largest absolute Gasteiger partial charge is 0.506 e. The fraction of sp³-hybridized carbons (Fsp3) is 0.0303. The third kappa shape index (κ3) is 5.71. The van der Waals surface area contributed by atoms with Gasteiger partial charge in [-0.15, -0.1) is 0 Å². The SMILES string of the molecule is COc1ccc(-c2ccc3c(Cl)c(O)ccc3c2)cc1F.Oc1ccc(-c2ccc3c(Cl)c(O)ccc3c2)cc1F. The zero-order valence-corrected chi connectivity index (χ0v) is 23.0. The third-order valence-corrected chi connectivity index (χ3v) is 7.43. The number of halogens is 4. The number of rotatable bonds is 3. The second-order valence-electron chi connectivity index (χ2n) is 9.18. The van der Waals surface area contributed by atoms with Gasteiger partial charge >= 0.3 is 0 Å². The monoisotopic (exact) mass is 590 g/mol. The number of hydrogen-bond donors (Lipinski definition) is 3. The summed E-state index contributed by atoms with van der Waals surface area (Å²) in [5.74, 6) is -1.14. The first kappa shape index (κ1) is 28.0. The molecular formula is C33H22Cl2F2O4. The molecule has 0 fully saturated rings. The molecule has 0 aliphatic carbocycles. The number of hydrogen-bond acceptors (Lipinski definition) is 4. The Morgan fingerprint density at radius 3 is 1.39 bits per heavy atom. The van der Waals surface area contributed by atoms with Crippen LogP contribution in [0.25, 0.3) is 43.8 Å². The average Bonchev–Trinajstić information content (AvgIpc) is 2.98. The van der Waals surface area contributed by atoms with Crippen LogP contribution >= 0.6 is 23.2 Å². The van der Waals surface area contributed by atoms with Crippen molar-refractivity contribution in [3.05, 3.63) is 119 Å². The van der Waals surface area contributed by atoms with Crippen molar-refractivity contribution in [1.29, 1.82) is 0 Å². The molecule has 0 aromatic heterocycles. The maximum Gasteiger partial charge on any atom is 0.165 e. The number of ether oxygens (including phenoxy) is 1. The van der Waals surface area contributed by atoms with E-state index in [4.69, 9.17) is 27.9 Å². The molecule has 0 aliphatic heterocycles. The molecule has 8 heteroatoms. The standard InChI is InChI=1S/C17H12ClFO2.C16H10ClFO2/c1-21-16-7-4-11(9-14(16)19)10-2-5-13-12(8-10)3-6-15(20)17(13)18;17-16-12-4-1-9(7-11(12)3-6-15(16)20)10-2-5-14(19)13(18)8-10/h2-9,20H,1H3;1-8,19-20H. The Kier molecular flexibility index (Phi) is 7.88. The lowest BCUT2D eigenvalue weighted by Crippen LogP contribution is -1.88. The van der Waals surface area contributed by atoms with Crippen LogP contribution in [-0.2, 0) is 0 Å². The molecule has 0 radical (unpaired) electrons. The van der Waals surface area contributed by atoms with E-state index in [2.05, 4.69) is 0 Å². The van der Waals surface area contributed by atoms with Crippen molar-refractivity contribution in [2.75, 3.05) is 7.11 Å². The molecule has 0 spiro atoms. The highest BCUT2D eigenvalue weighted by molar-refractivity contribution is 6.37. The Hall–Kier alpha value is -4.52. The van der Waals surface area contributed by atoms with Crippen molar-refractivity contribution in [3.8, 4) is 45.3 Å². The fourth-order valence-electron chi connectivity index (χ4n) is 4.45. The number of aromatic hydroxyl groups is 3. The van der Waals surface area contributed by atoms with Gasteiger partial charge in [0.25, 0.3) is 0 Å². The summed E-state index contributed by atoms with van der Waals surface area (Å²) >= 11 is 12.1. The Morgan fingerprint density at radius 2 is 0.927 bits per heavy atom. The van der Waals surface area contributed by atoms with Crippen LogP contribution in [0.4, 0.5) is 8.78 Å². The van der Waals surface area contributed by atoms with Crippen LogP contribution in [0.3, 0.4) is 0 Å². The van der Waals surface area contributed by atoms with E-state index < -0.39 is 11.6 Å². The summed E-state index contributed by atoms with van der Waals surface area (Å²) < 4.78 is 32.1. The van der Waals surface area contributed by atoms with Gasteiger partial charge in [0.05, 0.1) is 17.2 Å². The molecule has 0 unspecified atom stereocenters. The highest BCUT2D eigenvalue weighted by Crippen LogP contribution is 2.36. The quantitative estimate of drug-likeness (QED) is 0.192. The van der Waals surface area contributed by atoms with Crippen molar-refractivity contribution in [3.63, 3.8) is 0 Å². The normalized spacial score (nSPS) is 10.9. The Morgan fingerprint density at radius 1 is 0.512 bits per heavy atom. The molecule has 0 saturated heterocycles. The Labute approximate surface area is 244 Å². The summed E-state index contributed by atoms with van der Waals surface area (Å²) in [7, 11) is 1.43. The minimum Gasteiger partial charge on any atom is -0.506 e. The molecule has 4 nitrogen and oxygen atoms in total. The predicted molar refractivity (Wildman–Crippen MR) is 160 cm³/mol. The van der Waals surface area contributed by atoms with E-state index in [1.54, 1.807) is 48.5 Å². The predicted octanol–water partition coefficient (Wildman–Crippen LogP) is 9.72. The second-order valence-corrected chi connectivity index (χ2v) is 9.94. The van der Waals surface area contributed by atoms with Crippen molar-refractivity contribution in [2.24, 2.45) is 0 Å². The average molecular weight is 591 g/mol. The summed E-state index contributed by atoms with van der Waals surface area (Å²) in [5, 5.41) is 32.2. The zero-order chi connectivity index (χ0) is 29.3. The molecule has 6 rings (SSSR count). The first-order valence-electron chi connectivity index (χ1n) is 12.3. The summed E-state index contributed by atoms with van der Waals surface area (Å²) in [6.07, 6.45) is 0. The zero-order valence-electron chi connectivity index (χ0n) is 21.5. The highest BCUT2D eigenvalue weighted by Gasteiger charge is 2.10. The number of phenols is 3. The van der Waals surface area contributed by atoms with E-state index in [1.165, 1.54) is 31.4 Å². The highest BCUT2D eigenvalue weighted by atomic mass is 35.5. The van der Waals surface area contributed by atoms with Gasteiger partial charge < -0.3 is 20.1 Å². The molecule has 0 amide bonds. The lowest BCUT2D eigenvalue weighted by atomic mass is 10.0. The summed E-state index contributed by atoms with van der Waals surface area (Å²) in [6.45, 7) is 0. The van der Waals surface area contributed by atoms with E-state index in [0.29, 0.717) is 15.6 Å². The van der Waals surface area contributed by atoms with Crippen molar-refractivity contribution in [2.45, 2.75) is 0 Å². The summed E-state index contributed by atoms with van der Waals surface area (Å²) in [6, 6.07) is 26.6. The number of benzene rings is 6. The second kappa shape index (κ2) is 11.5. The lowest BCUT2D eigenvalue weighted by molar-refractivity contribution is 0.386. The fourth-order valence-corrected chi connectivity index (χ4v) is 4.92. The van der Waals surface area contributed by atoms with Crippen molar-refractivity contribution >= 4 is 44.7 Å². The first-order valence-corrected chi connectivity index (χ1v) is 13.1. The topological polar surface area (TPSA) is 69.9 Å². The van der Waals surface area contributed by atoms with Gasteiger partial charge in [-0.3, -0.25) is 0 Å². The van der Waals surface area contributed by atoms with Crippen LogP contribution < -0.4 is 4.74 Å². The summed E-state index contributed by atoms with van der Waals surface area (Å²) in [4.78, 5) is 0. The van der Waals surface area contributed by atoms with Gasteiger partial charge in [-0.2, -0.15) is 0 Å². The number of methoxy groups -OCH3 is 1. The maximum atomic E-state index is 13.8. The van der Waals surface area contributed by atoms with Gasteiger partial charge in [0.2, 0.25) is 0 Å². The van der Waals surface area contributed by atoms with Crippen LogP contribution in [0, 0.1) is 11.6 Å². The lowest BCUT2D eigenvalue weighted by Gasteiger charge is -2.08.